The summed E-state index contributed by atoms with van der Waals surface area (Å²) < 4.78 is 2.38. The third kappa shape index (κ3) is 2.59. The summed E-state index contributed by atoms with van der Waals surface area (Å²) in [5, 5.41) is 1.32. The van der Waals surface area contributed by atoms with Crippen LogP contribution in [0.3, 0.4) is 0 Å². The molecule has 1 nitrogen and oxygen atoms in total. The highest BCUT2D eigenvalue weighted by atomic mass is 15.0. The molecule has 3 aromatic rings. The van der Waals surface area contributed by atoms with E-state index in [0.29, 0.717) is 0 Å². The molecule has 0 radical (unpaired) electrons. The smallest absolute Gasteiger partial charge is 0.0522 e. The van der Waals surface area contributed by atoms with Gasteiger partial charge in [0.15, 0.2) is 0 Å². The minimum Gasteiger partial charge on any atom is -0.342 e. The molecule has 1 heteroatoms. The lowest BCUT2D eigenvalue weighted by Crippen LogP contribution is -2.00. The van der Waals surface area contributed by atoms with Gasteiger partial charge in [-0.25, -0.2) is 0 Å². The van der Waals surface area contributed by atoms with Crippen molar-refractivity contribution in [3.05, 3.63) is 77.5 Å². The van der Waals surface area contributed by atoms with Crippen molar-refractivity contribution in [2.24, 2.45) is 0 Å². The highest BCUT2D eigenvalue weighted by molar-refractivity contribution is 5.94. The average molecular weight is 289 g/mol. The molecule has 0 saturated carbocycles. The summed E-state index contributed by atoms with van der Waals surface area (Å²) in [6, 6.07) is 15.4. The number of aromatic nitrogens is 1. The largest absolute Gasteiger partial charge is 0.342 e. The third-order valence-electron chi connectivity index (χ3n) is 4.30. The van der Waals surface area contributed by atoms with Gasteiger partial charge in [-0.15, -0.1) is 0 Å². The van der Waals surface area contributed by atoms with Crippen LogP contribution >= 0.6 is 0 Å². The zero-order valence-electron chi connectivity index (χ0n) is 13.7. The number of hydrogen-bond donors (Lipinski definition) is 0. The Bertz CT molecular complexity index is 819. The maximum atomic E-state index is 4.15. The van der Waals surface area contributed by atoms with E-state index in [1.165, 1.54) is 33.2 Å². The Labute approximate surface area is 132 Å². The molecule has 0 saturated heterocycles. The Balaban J connectivity index is 2.15. The predicted octanol–water partition coefficient (Wildman–Crippen LogP) is 5.59. The van der Waals surface area contributed by atoms with Crippen molar-refractivity contribution in [3.8, 4) is 0 Å². The van der Waals surface area contributed by atoms with Crippen molar-refractivity contribution in [3.63, 3.8) is 0 Å². The normalized spacial score (nSPS) is 11.0. The number of fused-ring (bicyclic) bond motifs is 1. The Morgan fingerprint density at radius 1 is 1.09 bits per heavy atom. The minimum absolute atomic E-state index is 0.904. The number of allylic oxidation sites excluding steroid dienone is 1. The summed E-state index contributed by atoms with van der Waals surface area (Å²) in [5.74, 6) is 0. The Morgan fingerprint density at radius 3 is 2.45 bits per heavy atom. The first-order valence-electron chi connectivity index (χ1n) is 7.92. The molecule has 2 aromatic carbocycles. The van der Waals surface area contributed by atoms with Crippen LogP contribution in [-0.4, -0.2) is 4.57 Å². The topological polar surface area (TPSA) is 4.93 Å². The summed E-state index contributed by atoms with van der Waals surface area (Å²) in [6.45, 7) is 11.5. The standard InChI is InChI=1S/C21H23N/c1-5-18-7-6-8-19-20(15(2)3)14-22(21(18)19)13-17-11-9-16(4)10-12-17/h6-12,14H,2,5,13H2,1,3-4H3. The number of rotatable bonds is 4. The molecule has 1 aromatic heterocycles. The lowest BCUT2D eigenvalue weighted by molar-refractivity contribution is 0.830. The Kier molecular flexibility index (Phi) is 3.89. The summed E-state index contributed by atoms with van der Waals surface area (Å²) in [5.41, 5.74) is 7.78. The molecular weight excluding hydrogens is 266 g/mol. The van der Waals surface area contributed by atoms with Gasteiger partial charge in [0.2, 0.25) is 0 Å². The highest BCUT2D eigenvalue weighted by Crippen LogP contribution is 2.29. The fourth-order valence-corrected chi connectivity index (χ4v) is 3.08. The molecule has 0 N–H and O–H groups in total. The second-order valence-corrected chi connectivity index (χ2v) is 6.10. The van der Waals surface area contributed by atoms with Crippen molar-refractivity contribution >= 4 is 16.5 Å². The first-order chi connectivity index (χ1) is 10.6. The quantitative estimate of drug-likeness (QED) is 0.589. The summed E-state index contributed by atoms with van der Waals surface area (Å²) >= 11 is 0. The van der Waals surface area contributed by atoms with E-state index in [1.54, 1.807) is 0 Å². The number of hydrogen-bond acceptors (Lipinski definition) is 0. The van der Waals surface area contributed by atoms with Crippen molar-refractivity contribution in [2.45, 2.75) is 33.7 Å². The van der Waals surface area contributed by atoms with Crippen LogP contribution in [-0.2, 0) is 13.0 Å². The lowest BCUT2D eigenvalue weighted by Gasteiger charge is -2.09. The minimum atomic E-state index is 0.904. The number of para-hydroxylation sites is 1. The molecule has 22 heavy (non-hydrogen) atoms. The van der Waals surface area contributed by atoms with Gasteiger partial charge in [-0.3, -0.25) is 0 Å². The zero-order chi connectivity index (χ0) is 15.7. The van der Waals surface area contributed by atoms with Gasteiger partial charge in [-0.1, -0.05) is 61.5 Å². The van der Waals surface area contributed by atoms with Crippen LogP contribution in [0.4, 0.5) is 0 Å². The van der Waals surface area contributed by atoms with Crippen molar-refractivity contribution < 1.29 is 0 Å². The van der Waals surface area contributed by atoms with Crippen LogP contribution in [0.1, 0.15) is 36.1 Å². The first kappa shape index (κ1) is 14.6. The van der Waals surface area contributed by atoms with Crippen LogP contribution in [0.25, 0.3) is 16.5 Å². The zero-order valence-corrected chi connectivity index (χ0v) is 13.7. The summed E-state index contributed by atoms with van der Waals surface area (Å²) in [6.07, 6.45) is 3.30. The molecule has 0 aliphatic heterocycles. The highest BCUT2D eigenvalue weighted by Gasteiger charge is 2.12. The first-order valence-corrected chi connectivity index (χ1v) is 7.92. The van der Waals surface area contributed by atoms with Crippen LogP contribution in [0.2, 0.25) is 0 Å². The monoisotopic (exact) mass is 289 g/mol. The van der Waals surface area contributed by atoms with Gasteiger partial charge in [0, 0.05) is 23.7 Å². The second kappa shape index (κ2) is 5.84. The molecule has 3 rings (SSSR count). The predicted molar refractivity (Wildman–Crippen MR) is 96.3 cm³/mol. The fourth-order valence-electron chi connectivity index (χ4n) is 3.08. The van der Waals surface area contributed by atoms with E-state index in [-0.39, 0.29) is 0 Å². The molecular formula is C21H23N. The molecule has 0 amide bonds. The number of nitrogens with zero attached hydrogens (tertiary/aromatic N) is 1. The van der Waals surface area contributed by atoms with Gasteiger partial charge in [-0.05, 0) is 37.0 Å². The van der Waals surface area contributed by atoms with Crippen LogP contribution in [0, 0.1) is 6.92 Å². The van der Waals surface area contributed by atoms with E-state index < -0.39 is 0 Å². The van der Waals surface area contributed by atoms with E-state index in [0.717, 1.165) is 18.5 Å². The van der Waals surface area contributed by atoms with Crippen LogP contribution in [0.15, 0.2) is 55.2 Å². The van der Waals surface area contributed by atoms with Crippen molar-refractivity contribution in [1.82, 2.24) is 4.57 Å². The summed E-state index contributed by atoms with van der Waals surface area (Å²) in [7, 11) is 0. The maximum absolute atomic E-state index is 4.15. The Morgan fingerprint density at radius 2 is 1.82 bits per heavy atom. The number of benzene rings is 2. The van der Waals surface area contributed by atoms with Gasteiger partial charge in [-0.2, -0.15) is 0 Å². The van der Waals surface area contributed by atoms with Gasteiger partial charge in [0.05, 0.1) is 5.52 Å². The molecule has 0 fully saturated rings. The van der Waals surface area contributed by atoms with E-state index >= 15 is 0 Å². The number of aryl methyl sites for hydroxylation is 2. The third-order valence-corrected chi connectivity index (χ3v) is 4.30. The molecule has 0 unspecified atom stereocenters. The van der Waals surface area contributed by atoms with Gasteiger partial charge in [0.25, 0.3) is 0 Å². The fraction of sp³-hybridized carbons (Fsp3) is 0.238. The lowest BCUT2D eigenvalue weighted by atomic mass is 10.0. The molecule has 0 aliphatic rings. The summed E-state index contributed by atoms with van der Waals surface area (Å²) in [4.78, 5) is 0. The molecule has 112 valence electrons. The van der Waals surface area contributed by atoms with Crippen molar-refractivity contribution in [2.75, 3.05) is 0 Å². The average Bonchev–Trinajstić information content (AvgIpc) is 2.88. The molecule has 1 heterocycles. The van der Waals surface area contributed by atoms with Crippen molar-refractivity contribution in [1.29, 1.82) is 0 Å². The maximum Gasteiger partial charge on any atom is 0.0522 e. The molecule has 0 bridgehead atoms. The molecule has 0 atom stereocenters. The van der Waals surface area contributed by atoms with Gasteiger partial charge < -0.3 is 4.57 Å². The van der Waals surface area contributed by atoms with E-state index in [4.69, 9.17) is 0 Å². The molecule has 0 spiro atoms. The second-order valence-electron chi connectivity index (χ2n) is 6.10. The Hall–Kier alpha value is -2.28. The van der Waals surface area contributed by atoms with E-state index in [2.05, 4.69) is 80.6 Å². The SMILES string of the molecule is C=C(C)c1cn(Cc2ccc(C)cc2)c2c(CC)cccc12. The van der Waals surface area contributed by atoms with E-state index in [9.17, 15) is 0 Å². The van der Waals surface area contributed by atoms with Crippen LogP contribution < -0.4 is 0 Å². The van der Waals surface area contributed by atoms with Crippen LogP contribution in [0.5, 0.6) is 0 Å². The van der Waals surface area contributed by atoms with Gasteiger partial charge in [0.1, 0.15) is 0 Å². The van der Waals surface area contributed by atoms with Gasteiger partial charge >= 0.3 is 0 Å². The van der Waals surface area contributed by atoms with E-state index in [1.807, 2.05) is 0 Å². The molecule has 0 aliphatic carbocycles.